The highest BCUT2D eigenvalue weighted by Gasteiger charge is 2.51. The van der Waals surface area contributed by atoms with E-state index in [1.807, 2.05) is 6.92 Å². The zero-order valence-corrected chi connectivity index (χ0v) is 22.6. The average Bonchev–Trinajstić information content (AvgIpc) is 3.19. The molecule has 8 heteroatoms. The van der Waals surface area contributed by atoms with Crippen molar-refractivity contribution in [2.75, 3.05) is 13.1 Å². The minimum atomic E-state index is -0.938. The van der Waals surface area contributed by atoms with Gasteiger partial charge in [0, 0.05) is 13.1 Å². The number of fused-ring (bicyclic) bond motifs is 1. The lowest BCUT2D eigenvalue weighted by Crippen LogP contribution is -2.39. The third kappa shape index (κ3) is 7.80. The number of piperidine rings is 1. The van der Waals surface area contributed by atoms with Gasteiger partial charge in [-0.3, -0.25) is 4.79 Å². The van der Waals surface area contributed by atoms with E-state index in [9.17, 15) is 24.9 Å². The number of hydrogen-bond donors (Lipinski definition) is 5. The van der Waals surface area contributed by atoms with Gasteiger partial charge in [-0.1, -0.05) is 37.1 Å². The van der Waals surface area contributed by atoms with Crippen molar-refractivity contribution in [3.63, 3.8) is 0 Å². The number of allylic oxidation sites excluding steroid dienone is 3. The molecule has 0 aromatic carbocycles. The first-order valence-electron chi connectivity index (χ1n) is 14.2. The van der Waals surface area contributed by atoms with Gasteiger partial charge in [0.2, 0.25) is 0 Å². The van der Waals surface area contributed by atoms with Crippen molar-refractivity contribution in [3.8, 4) is 0 Å². The fourth-order valence-corrected chi connectivity index (χ4v) is 7.42. The maximum atomic E-state index is 11.0. The predicted octanol–water partition coefficient (Wildman–Crippen LogP) is 3.98. The zero-order chi connectivity index (χ0) is 27.2. The first-order chi connectivity index (χ1) is 17.5. The van der Waals surface area contributed by atoms with Crippen molar-refractivity contribution in [3.05, 3.63) is 23.3 Å². The summed E-state index contributed by atoms with van der Waals surface area (Å²) < 4.78 is 0. The van der Waals surface area contributed by atoms with Crippen molar-refractivity contribution in [2.45, 2.75) is 109 Å². The van der Waals surface area contributed by atoms with Gasteiger partial charge in [0.15, 0.2) is 0 Å². The second-order valence-electron chi connectivity index (χ2n) is 12.0. The standard InChI is InChI=1S/C23H36O5.C6H12N2O/c1-14(21(26)13-22(27)28)19-7-8-20-16(4-3-9-23(19,20)2)6-5-15-10-17(24)12-18(25)11-15;7-6(9)8-4-2-1-3-5-8/h5-6,14,17-21,24-26H,3-4,7-13H2,1-2H3,(H,27,28);1-5H2,(H2,7,9)/t14-,17+,18+,19+,20-,21?,23+;/m0./s1. The van der Waals surface area contributed by atoms with E-state index in [0.717, 1.165) is 63.6 Å². The molecule has 4 rings (SSSR count). The number of aliphatic hydroxyl groups is 3. The van der Waals surface area contributed by atoms with E-state index in [0.29, 0.717) is 31.1 Å². The zero-order valence-electron chi connectivity index (χ0n) is 22.6. The molecule has 4 aliphatic rings. The van der Waals surface area contributed by atoms with Crippen LogP contribution in [0.1, 0.15) is 90.9 Å². The first kappa shape index (κ1) is 29.7. The van der Waals surface area contributed by atoms with E-state index in [1.54, 1.807) is 4.90 Å². The Balaban J connectivity index is 0.000000356. The molecule has 3 saturated carbocycles. The average molecular weight is 521 g/mol. The Hall–Kier alpha value is -1.90. The number of carboxylic acids is 1. The van der Waals surface area contributed by atoms with Crippen LogP contribution in [0, 0.1) is 23.2 Å². The quantitative estimate of drug-likeness (QED) is 0.371. The van der Waals surface area contributed by atoms with Crippen LogP contribution in [-0.2, 0) is 4.79 Å². The molecule has 1 unspecified atom stereocenters. The molecule has 0 radical (unpaired) electrons. The van der Waals surface area contributed by atoms with Gasteiger partial charge in [-0.25, -0.2) is 4.79 Å². The van der Waals surface area contributed by atoms with Gasteiger partial charge in [-0.2, -0.15) is 0 Å². The smallest absolute Gasteiger partial charge is 0.314 e. The topological polar surface area (TPSA) is 144 Å². The molecule has 4 fully saturated rings. The number of nitrogens with zero attached hydrogens (tertiary/aromatic N) is 1. The highest BCUT2D eigenvalue weighted by Crippen LogP contribution is 2.59. The fraction of sp³-hybridized carbons (Fsp3) is 0.793. The molecule has 0 spiro atoms. The Morgan fingerprint density at radius 3 is 2.30 bits per heavy atom. The summed E-state index contributed by atoms with van der Waals surface area (Å²) in [6, 6.07) is -0.269. The van der Waals surface area contributed by atoms with E-state index >= 15 is 0 Å². The van der Waals surface area contributed by atoms with E-state index in [-0.39, 0.29) is 23.8 Å². The van der Waals surface area contributed by atoms with Crippen LogP contribution in [0.15, 0.2) is 23.3 Å². The summed E-state index contributed by atoms with van der Waals surface area (Å²) in [5.74, 6) is -0.151. The Kier molecular flexibility index (Phi) is 10.6. The highest BCUT2D eigenvalue weighted by molar-refractivity contribution is 5.72. The monoisotopic (exact) mass is 520 g/mol. The first-order valence-corrected chi connectivity index (χ1v) is 14.2. The molecule has 1 aliphatic heterocycles. The molecule has 210 valence electrons. The number of likely N-dealkylation sites (tertiary alicyclic amines) is 1. The Morgan fingerprint density at radius 1 is 1.08 bits per heavy atom. The summed E-state index contributed by atoms with van der Waals surface area (Å²) in [5.41, 5.74) is 7.72. The van der Waals surface area contributed by atoms with E-state index < -0.39 is 24.3 Å². The van der Waals surface area contributed by atoms with Crippen LogP contribution in [0.25, 0.3) is 0 Å². The molecule has 1 heterocycles. The summed E-state index contributed by atoms with van der Waals surface area (Å²) in [6.45, 7) is 6.05. The largest absolute Gasteiger partial charge is 0.481 e. The van der Waals surface area contributed by atoms with Crippen LogP contribution in [-0.4, -0.2) is 68.7 Å². The van der Waals surface area contributed by atoms with Gasteiger partial charge in [-0.05, 0) is 93.8 Å². The number of primary amides is 1. The lowest BCUT2D eigenvalue weighted by atomic mass is 9.60. The lowest BCUT2D eigenvalue weighted by molar-refractivity contribution is -0.140. The lowest BCUT2D eigenvalue weighted by Gasteiger charge is -2.45. The van der Waals surface area contributed by atoms with Gasteiger partial charge in [-0.15, -0.1) is 0 Å². The summed E-state index contributed by atoms with van der Waals surface area (Å²) in [5, 5.41) is 39.2. The van der Waals surface area contributed by atoms with Gasteiger partial charge >= 0.3 is 12.0 Å². The Bertz CT molecular complexity index is 839. The number of aliphatic hydroxyl groups excluding tert-OH is 3. The van der Waals surface area contributed by atoms with Gasteiger partial charge in [0.05, 0.1) is 24.7 Å². The number of hydrogen-bond acceptors (Lipinski definition) is 5. The van der Waals surface area contributed by atoms with E-state index in [2.05, 4.69) is 19.1 Å². The van der Waals surface area contributed by atoms with Crippen molar-refractivity contribution in [1.82, 2.24) is 4.90 Å². The number of urea groups is 1. The number of aliphatic carboxylic acids is 1. The molecule has 7 atom stereocenters. The summed E-state index contributed by atoms with van der Waals surface area (Å²) >= 11 is 0. The highest BCUT2D eigenvalue weighted by atomic mass is 16.4. The fourth-order valence-electron chi connectivity index (χ4n) is 7.42. The van der Waals surface area contributed by atoms with Crippen LogP contribution in [0.4, 0.5) is 4.79 Å². The number of carboxylic acid groups (broad SMARTS) is 1. The van der Waals surface area contributed by atoms with Gasteiger partial charge in [0.1, 0.15) is 0 Å². The molecule has 0 aromatic rings. The molecule has 3 aliphatic carbocycles. The van der Waals surface area contributed by atoms with Crippen LogP contribution >= 0.6 is 0 Å². The number of carbonyl (C=O) groups is 2. The Labute approximate surface area is 221 Å². The third-order valence-corrected chi connectivity index (χ3v) is 9.40. The van der Waals surface area contributed by atoms with Gasteiger partial charge in [0.25, 0.3) is 0 Å². The molecule has 6 N–H and O–H groups in total. The molecule has 0 bridgehead atoms. The molecule has 37 heavy (non-hydrogen) atoms. The molecular weight excluding hydrogens is 472 g/mol. The SMILES string of the molecule is C[C@H](C(O)CC(=O)O)[C@H]1CC[C@H]2C(=CC=C3C[C@@H](O)C[C@H](O)C3)CCC[C@]12C.NC(=O)N1CCCCC1. The van der Waals surface area contributed by atoms with Crippen LogP contribution < -0.4 is 5.73 Å². The third-order valence-electron chi connectivity index (χ3n) is 9.40. The molecule has 2 amide bonds. The molecule has 1 saturated heterocycles. The maximum absolute atomic E-state index is 11.0. The van der Waals surface area contributed by atoms with Crippen LogP contribution in [0.3, 0.4) is 0 Å². The maximum Gasteiger partial charge on any atom is 0.314 e. The number of rotatable bonds is 5. The molecular formula is C29H48N2O6. The van der Waals surface area contributed by atoms with Crippen LogP contribution in [0.2, 0.25) is 0 Å². The second-order valence-corrected chi connectivity index (χ2v) is 12.0. The van der Waals surface area contributed by atoms with E-state index in [4.69, 9.17) is 10.8 Å². The minimum absolute atomic E-state index is 0.0209. The number of carbonyl (C=O) groups excluding carboxylic acids is 1. The van der Waals surface area contributed by atoms with Crippen molar-refractivity contribution < 1.29 is 30.0 Å². The van der Waals surface area contributed by atoms with Crippen molar-refractivity contribution in [2.24, 2.45) is 28.9 Å². The summed E-state index contributed by atoms with van der Waals surface area (Å²) in [7, 11) is 0. The second kappa shape index (κ2) is 13.3. The Morgan fingerprint density at radius 2 is 1.73 bits per heavy atom. The van der Waals surface area contributed by atoms with Gasteiger partial charge < -0.3 is 31.1 Å². The van der Waals surface area contributed by atoms with Crippen LogP contribution in [0.5, 0.6) is 0 Å². The molecule has 8 nitrogen and oxygen atoms in total. The van der Waals surface area contributed by atoms with Crippen molar-refractivity contribution >= 4 is 12.0 Å². The predicted molar refractivity (Wildman–Crippen MR) is 143 cm³/mol. The summed E-state index contributed by atoms with van der Waals surface area (Å²) in [4.78, 5) is 23.2. The van der Waals surface area contributed by atoms with Crippen molar-refractivity contribution in [1.29, 1.82) is 0 Å². The minimum Gasteiger partial charge on any atom is -0.481 e. The molecule has 0 aromatic heterocycles. The number of amides is 2. The van der Waals surface area contributed by atoms with E-state index in [1.165, 1.54) is 12.0 Å². The number of nitrogens with two attached hydrogens (primary N) is 1. The normalized spacial score (nSPS) is 34.7. The summed E-state index contributed by atoms with van der Waals surface area (Å²) in [6.07, 6.45) is 13.1.